The SMILES string of the molecule is O=C(O)C1CC=CCC1C(=O)NCc1cccc(Cl)c1. The maximum absolute atomic E-state index is 12.1. The minimum atomic E-state index is -0.919. The van der Waals surface area contributed by atoms with Crippen LogP contribution in [0.3, 0.4) is 0 Å². The van der Waals surface area contributed by atoms with Crippen LogP contribution in [0.4, 0.5) is 0 Å². The van der Waals surface area contributed by atoms with Gasteiger partial charge in [0.05, 0.1) is 11.8 Å². The van der Waals surface area contributed by atoms with Crippen molar-refractivity contribution in [3.05, 3.63) is 47.0 Å². The predicted octanol–water partition coefficient (Wildman–Crippen LogP) is 2.62. The first-order valence-electron chi connectivity index (χ1n) is 6.48. The number of nitrogens with one attached hydrogen (secondary N) is 1. The molecule has 0 heterocycles. The molecular formula is C15H16ClNO3. The van der Waals surface area contributed by atoms with Crippen LogP contribution in [0.1, 0.15) is 18.4 Å². The largest absolute Gasteiger partial charge is 0.481 e. The van der Waals surface area contributed by atoms with Gasteiger partial charge in [-0.3, -0.25) is 9.59 Å². The normalized spacial score (nSPS) is 21.4. The molecule has 0 saturated carbocycles. The molecule has 106 valence electrons. The quantitative estimate of drug-likeness (QED) is 0.839. The number of hydrogen-bond donors (Lipinski definition) is 2. The Morgan fingerprint density at radius 3 is 2.60 bits per heavy atom. The van der Waals surface area contributed by atoms with Crippen molar-refractivity contribution in [2.24, 2.45) is 11.8 Å². The zero-order valence-electron chi connectivity index (χ0n) is 10.9. The predicted molar refractivity (Wildman–Crippen MR) is 76.3 cm³/mol. The monoisotopic (exact) mass is 293 g/mol. The first kappa shape index (κ1) is 14.6. The van der Waals surface area contributed by atoms with Gasteiger partial charge in [-0.2, -0.15) is 0 Å². The van der Waals surface area contributed by atoms with E-state index in [1.54, 1.807) is 12.1 Å². The van der Waals surface area contributed by atoms with E-state index in [4.69, 9.17) is 16.7 Å². The molecule has 1 amide bonds. The molecule has 4 nitrogen and oxygen atoms in total. The molecule has 0 fully saturated rings. The molecule has 20 heavy (non-hydrogen) atoms. The molecule has 0 spiro atoms. The Labute approximate surface area is 122 Å². The van der Waals surface area contributed by atoms with Crippen LogP contribution in [0.2, 0.25) is 5.02 Å². The summed E-state index contributed by atoms with van der Waals surface area (Å²) in [5.74, 6) is -2.28. The Hall–Kier alpha value is -1.81. The van der Waals surface area contributed by atoms with Gasteiger partial charge >= 0.3 is 5.97 Å². The zero-order chi connectivity index (χ0) is 14.5. The Balaban J connectivity index is 1.97. The number of carboxylic acids is 1. The van der Waals surface area contributed by atoms with Crippen molar-refractivity contribution < 1.29 is 14.7 Å². The van der Waals surface area contributed by atoms with Gasteiger partial charge in [0.15, 0.2) is 0 Å². The second-order valence-corrected chi connectivity index (χ2v) is 5.28. The topological polar surface area (TPSA) is 66.4 Å². The molecule has 0 saturated heterocycles. The Morgan fingerprint density at radius 2 is 1.95 bits per heavy atom. The van der Waals surface area contributed by atoms with Crippen molar-refractivity contribution >= 4 is 23.5 Å². The fourth-order valence-corrected chi connectivity index (χ4v) is 2.56. The van der Waals surface area contributed by atoms with E-state index in [-0.39, 0.29) is 5.91 Å². The lowest BCUT2D eigenvalue weighted by molar-refractivity contribution is -0.147. The van der Waals surface area contributed by atoms with E-state index in [2.05, 4.69) is 5.32 Å². The molecular weight excluding hydrogens is 278 g/mol. The lowest BCUT2D eigenvalue weighted by Gasteiger charge is -2.24. The van der Waals surface area contributed by atoms with Crippen molar-refractivity contribution in [2.75, 3.05) is 0 Å². The number of hydrogen-bond acceptors (Lipinski definition) is 2. The summed E-state index contributed by atoms with van der Waals surface area (Å²) < 4.78 is 0. The summed E-state index contributed by atoms with van der Waals surface area (Å²) >= 11 is 5.87. The maximum atomic E-state index is 12.1. The van der Waals surface area contributed by atoms with Crippen LogP contribution >= 0.6 is 11.6 Å². The fraction of sp³-hybridized carbons (Fsp3) is 0.333. The maximum Gasteiger partial charge on any atom is 0.307 e. The molecule has 2 rings (SSSR count). The van der Waals surface area contributed by atoms with Crippen LogP contribution in [0.15, 0.2) is 36.4 Å². The molecule has 2 N–H and O–H groups in total. The van der Waals surface area contributed by atoms with Gasteiger partial charge in [-0.05, 0) is 30.5 Å². The number of benzene rings is 1. The summed E-state index contributed by atoms with van der Waals surface area (Å²) in [7, 11) is 0. The van der Waals surface area contributed by atoms with Gasteiger partial charge in [-0.1, -0.05) is 35.9 Å². The third kappa shape index (κ3) is 3.61. The Bertz CT molecular complexity index is 542. The number of halogens is 1. The number of carbonyl (C=O) groups is 2. The molecule has 2 unspecified atom stereocenters. The van der Waals surface area contributed by atoms with Crippen LogP contribution in [-0.2, 0) is 16.1 Å². The molecule has 1 aromatic carbocycles. The van der Waals surface area contributed by atoms with Crippen molar-refractivity contribution in [1.82, 2.24) is 5.32 Å². The zero-order valence-corrected chi connectivity index (χ0v) is 11.6. The minimum absolute atomic E-state index is 0.221. The summed E-state index contributed by atoms with van der Waals surface area (Å²) in [6.45, 7) is 0.353. The van der Waals surface area contributed by atoms with Crippen molar-refractivity contribution in [2.45, 2.75) is 19.4 Å². The molecule has 1 aliphatic rings. The smallest absolute Gasteiger partial charge is 0.307 e. The Morgan fingerprint density at radius 1 is 1.25 bits per heavy atom. The molecule has 0 radical (unpaired) electrons. The first-order valence-corrected chi connectivity index (χ1v) is 6.85. The van der Waals surface area contributed by atoms with Gasteiger partial charge in [-0.15, -0.1) is 0 Å². The third-order valence-corrected chi connectivity index (χ3v) is 3.68. The molecule has 0 aromatic heterocycles. The molecule has 5 heteroatoms. The lowest BCUT2D eigenvalue weighted by Crippen LogP contribution is -2.38. The first-order chi connectivity index (χ1) is 9.58. The summed E-state index contributed by atoms with van der Waals surface area (Å²) in [5, 5.41) is 12.5. The van der Waals surface area contributed by atoms with Gasteiger partial charge in [0, 0.05) is 11.6 Å². The van der Waals surface area contributed by atoms with Crippen LogP contribution < -0.4 is 5.32 Å². The van der Waals surface area contributed by atoms with E-state index in [9.17, 15) is 9.59 Å². The van der Waals surface area contributed by atoms with Crippen LogP contribution in [-0.4, -0.2) is 17.0 Å². The van der Waals surface area contributed by atoms with E-state index in [0.717, 1.165) is 5.56 Å². The van der Waals surface area contributed by atoms with Crippen molar-refractivity contribution in [3.8, 4) is 0 Å². The fourth-order valence-electron chi connectivity index (χ4n) is 2.34. The van der Waals surface area contributed by atoms with Gasteiger partial charge in [-0.25, -0.2) is 0 Å². The van der Waals surface area contributed by atoms with Gasteiger partial charge < -0.3 is 10.4 Å². The highest BCUT2D eigenvalue weighted by atomic mass is 35.5. The number of rotatable bonds is 4. The van der Waals surface area contributed by atoms with E-state index in [1.165, 1.54) is 0 Å². The average Bonchev–Trinajstić information content (AvgIpc) is 2.45. The van der Waals surface area contributed by atoms with Gasteiger partial charge in [0.1, 0.15) is 0 Å². The molecule has 1 aromatic rings. The number of carboxylic acid groups (broad SMARTS) is 1. The summed E-state index contributed by atoms with van der Waals surface area (Å²) in [4.78, 5) is 23.3. The molecule has 0 bridgehead atoms. The van der Waals surface area contributed by atoms with Crippen LogP contribution in [0.5, 0.6) is 0 Å². The van der Waals surface area contributed by atoms with Crippen molar-refractivity contribution in [3.63, 3.8) is 0 Å². The van der Waals surface area contributed by atoms with E-state index >= 15 is 0 Å². The summed E-state index contributed by atoms with van der Waals surface area (Å²) in [6.07, 6.45) is 4.56. The Kier molecular flexibility index (Phi) is 4.79. The molecule has 1 aliphatic carbocycles. The second-order valence-electron chi connectivity index (χ2n) is 4.84. The average molecular weight is 294 g/mol. The van der Waals surface area contributed by atoms with E-state index < -0.39 is 17.8 Å². The summed E-state index contributed by atoms with van der Waals surface area (Å²) in [6, 6.07) is 7.21. The minimum Gasteiger partial charge on any atom is -0.481 e. The lowest BCUT2D eigenvalue weighted by atomic mass is 9.82. The standard InChI is InChI=1S/C15H16ClNO3/c16-11-5-3-4-10(8-11)9-17-14(18)12-6-1-2-7-13(12)15(19)20/h1-5,8,12-13H,6-7,9H2,(H,17,18)(H,19,20). The number of carbonyl (C=O) groups excluding carboxylic acids is 1. The second kappa shape index (κ2) is 6.57. The van der Waals surface area contributed by atoms with Crippen LogP contribution in [0.25, 0.3) is 0 Å². The van der Waals surface area contributed by atoms with Crippen molar-refractivity contribution in [1.29, 1.82) is 0 Å². The summed E-state index contributed by atoms with van der Waals surface area (Å²) in [5.41, 5.74) is 0.893. The van der Waals surface area contributed by atoms with Gasteiger partial charge in [0.25, 0.3) is 0 Å². The molecule has 2 atom stereocenters. The van der Waals surface area contributed by atoms with Gasteiger partial charge in [0.2, 0.25) is 5.91 Å². The number of aliphatic carboxylic acids is 1. The highest BCUT2D eigenvalue weighted by molar-refractivity contribution is 6.30. The highest BCUT2D eigenvalue weighted by Crippen LogP contribution is 2.26. The van der Waals surface area contributed by atoms with E-state index in [1.807, 2.05) is 24.3 Å². The molecule has 0 aliphatic heterocycles. The number of allylic oxidation sites excluding steroid dienone is 2. The van der Waals surface area contributed by atoms with E-state index in [0.29, 0.717) is 24.4 Å². The third-order valence-electron chi connectivity index (χ3n) is 3.44. The number of amides is 1. The highest BCUT2D eigenvalue weighted by Gasteiger charge is 2.33. The van der Waals surface area contributed by atoms with Crippen LogP contribution in [0, 0.1) is 11.8 Å².